The summed E-state index contributed by atoms with van der Waals surface area (Å²) in [4.78, 5) is 33.0. The van der Waals surface area contributed by atoms with Gasteiger partial charge in [0.1, 0.15) is 0 Å². The summed E-state index contributed by atoms with van der Waals surface area (Å²) < 4.78 is 0.630. The van der Waals surface area contributed by atoms with Crippen LogP contribution < -0.4 is 16.4 Å². The highest BCUT2D eigenvalue weighted by molar-refractivity contribution is 9.10. The van der Waals surface area contributed by atoms with Gasteiger partial charge in [-0.05, 0) is 18.2 Å². The number of amides is 3. The zero-order valence-corrected chi connectivity index (χ0v) is 11.4. The molecule has 0 radical (unpaired) electrons. The molecule has 8 heteroatoms. The van der Waals surface area contributed by atoms with E-state index in [9.17, 15) is 14.4 Å². The van der Waals surface area contributed by atoms with Crippen molar-refractivity contribution in [2.24, 2.45) is 5.73 Å². The normalized spacial score (nSPS) is 9.74. The van der Waals surface area contributed by atoms with Crippen molar-refractivity contribution in [3.63, 3.8) is 0 Å². The van der Waals surface area contributed by atoms with Crippen LogP contribution in [0.4, 0.5) is 10.5 Å². The molecule has 0 aliphatic carbocycles. The van der Waals surface area contributed by atoms with E-state index in [0.717, 1.165) is 0 Å². The third-order valence-corrected chi connectivity index (χ3v) is 2.61. The Bertz CT molecular complexity index is 519. The second kappa shape index (κ2) is 6.74. The first kappa shape index (κ1) is 15.0. The van der Waals surface area contributed by atoms with Gasteiger partial charge in [0.05, 0.1) is 11.3 Å². The maximum atomic E-state index is 11.5. The highest BCUT2D eigenvalue weighted by Crippen LogP contribution is 2.21. The number of benzene rings is 1. The molecular formula is C11H12BrN3O4. The molecule has 19 heavy (non-hydrogen) atoms. The van der Waals surface area contributed by atoms with Gasteiger partial charge >= 0.3 is 12.0 Å². The van der Waals surface area contributed by atoms with Crippen LogP contribution in [0, 0.1) is 0 Å². The lowest BCUT2D eigenvalue weighted by Gasteiger charge is -2.09. The average Bonchev–Trinajstić information content (AvgIpc) is 2.27. The van der Waals surface area contributed by atoms with Gasteiger partial charge in [0.25, 0.3) is 0 Å². The summed E-state index contributed by atoms with van der Waals surface area (Å²) in [7, 11) is 0. The van der Waals surface area contributed by atoms with Crippen molar-refractivity contribution in [1.82, 2.24) is 5.32 Å². The van der Waals surface area contributed by atoms with Crippen LogP contribution in [0.3, 0.4) is 0 Å². The number of hydrogen-bond acceptors (Lipinski definition) is 3. The number of carbonyl (C=O) groups excluding carboxylic acids is 2. The van der Waals surface area contributed by atoms with Crippen LogP contribution in [0.2, 0.25) is 0 Å². The maximum absolute atomic E-state index is 11.5. The van der Waals surface area contributed by atoms with Gasteiger partial charge in [0.15, 0.2) is 0 Å². The van der Waals surface area contributed by atoms with Crippen molar-refractivity contribution in [3.8, 4) is 0 Å². The molecule has 0 aliphatic rings. The lowest BCUT2D eigenvalue weighted by Crippen LogP contribution is -2.32. The van der Waals surface area contributed by atoms with Crippen molar-refractivity contribution >= 4 is 39.5 Å². The predicted octanol–water partition coefficient (Wildman–Crippen LogP) is 1.14. The van der Waals surface area contributed by atoms with Crippen LogP contribution in [0.1, 0.15) is 16.8 Å². The summed E-state index contributed by atoms with van der Waals surface area (Å²) in [5.74, 6) is -1.69. The van der Waals surface area contributed by atoms with Gasteiger partial charge in [0.2, 0.25) is 5.91 Å². The lowest BCUT2D eigenvalue weighted by molar-refractivity contribution is -0.117. The number of anilines is 1. The van der Waals surface area contributed by atoms with E-state index in [-0.39, 0.29) is 24.2 Å². The Morgan fingerprint density at radius 2 is 2.00 bits per heavy atom. The Labute approximate surface area is 117 Å². The van der Waals surface area contributed by atoms with Gasteiger partial charge in [-0.15, -0.1) is 0 Å². The number of primary amides is 1. The van der Waals surface area contributed by atoms with E-state index >= 15 is 0 Å². The zero-order valence-electron chi connectivity index (χ0n) is 9.77. The average molecular weight is 330 g/mol. The van der Waals surface area contributed by atoms with Gasteiger partial charge in [-0.3, -0.25) is 4.79 Å². The topological polar surface area (TPSA) is 122 Å². The number of aromatic carboxylic acids is 1. The molecule has 1 aromatic rings. The number of halogens is 1. The fourth-order valence-electron chi connectivity index (χ4n) is 1.27. The van der Waals surface area contributed by atoms with Gasteiger partial charge in [-0.25, -0.2) is 9.59 Å². The quantitative estimate of drug-likeness (QED) is 0.647. The Morgan fingerprint density at radius 1 is 1.32 bits per heavy atom. The Morgan fingerprint density at radius 3 is 2.58 bits per heavy atom. The Kier molecular flexibility index (Phi) is 5.31. The van der Waals surface area contributed by atoms with Crippen LogP contribution in [0.15, 0.2) is 22.7 Å². The highest BCUT2D eigenvalue weighted by Gasteiger charge is 2.12. The lowest BCUT2D eigenvalue weighted by atomic mass is 10.2. The largest absolute Gasteiger partial charge is 0.478 e. The van der Waals surface area contributed by atoms with Gasteiger partial charge < -0.3 is 21.5 Å². The molecule has 1 rings (SSSR count). The number of rotatable bonds is 5. The van der Waals surface area contributed by atoms with E-state index in [0.29, 0.717) is 4.47 Å². The minimum absolute atomic E-state index is 0.0116. The molecule has 0 aromatic heterocycles. The molecule has 0 heterocycles. The number of nitrogens with one attached hydrogen (secondary N) is 2. The zero-order chi connectivity index (χ0) is 14.4. The van der Waals surface area contributed by atoms with Crippen molar-refractivity contribution in [2.75, 3.05) is 11.9 Å². The first-order valence-electron chi connectivity index (χ1n) is 5.26. The second-order valence-electron chi connectivity index (χ2n) is 3.59. The van der Waals surface area contributed by atoms with Gasteiger partial charge in [-0.1, -0.05) is 15.9 Å². The van der Waals surface area contributed by atoms with Crippen LogP contribution in [0.5, 0.6) is 0 Å². The molecule has 0 unspecified atom stereocenters. The third kappa shape index (κ3) is 4.96. The third-order valence-electron chi connectivity index (χ3n) is 2.12. The minimum Gasteiger partial charge on any atom is -0.478 e. The van der Waals surface area contributed by atoms with E-state index in [1.807, 2.05) is 0 Å². The summed E-state index contributed by atoms with van der Waals surface area (Å²) >= 11 is 3.18. The SMILES string of the molecule is NC(=O)CCNC(=O)Nc1cc(Br)ccc1C(=O)O. The molecule has 0 saturated carbocycles. The molecule has 0 atom stereocenters. The summed E-state index contributed by atoms with van der Waals surface area (Å²) in [5.41, 5.74) is 5.04. The van der Waals surface area contributed by atoms with E-state index < -0.39 is 17.9 Å². The number of hydrogen-bond donors (Lipinski definition) is 4. The molecule has 102 valence electrons. The van der Waals surface area contributed by atoms with E-state index in [4.69, 9.17) is 10.8 Å². The first-order valence-corrected chi connectivity index (χ1v) is 6.05. The first-order chi connectivity index (χ1) is 8.90. The number of urea groups is 1. The molecule has 1 aromatic carbocycles. The Hall–Kier alpha value is -2.09. The van der Waals surface area contributed by atoms with E-state index in [1.54, 1.807) is 6.07 Å². The van der Waals surface area contributed by atoms with Crippen molar-refractivity contribution in [3.05, 3.63) is 28.2 Å². The summed E-state index contributed by atoms with van der Waals surface area (Å²) in [6.07, 6.45) is 0.0116. The summed E-state index contributed by atoms with van der Waals surface area (Å²) in [5, 5.41) is 13.8. The fraction of sp³-hybridized carbons (Fsp3) is 0.182. The molecule has 7 nitrogen and oxygen atoms in total. The molecule has 0 spiro atoms. The van der Waals surface area contributed by atoms with Gasteiger partial charge in [-0.2, -0.15) is 0 Å². The molecule has 3 amide bonds. The van der Waals surface area contributed by atoms with Crippen LogP contribution in [-0.2, 0) is 4.79 Å². The molecule has 0 saturated heterocycles. The molecule has 0 bridgehead atoms. The minimum atomic E-state index is -1.15. The van der Waals surface area contributed by atoms with Gasteiger partial charge in [0, 0.05) is 17.4 Å². The maximum Gasteiger partial charge on any atom is 0.337 e. The van der Waals surface area contributed by atoms with Crippen LogP contribution >= 0.6 is 15.9 Å². The standard InChI is InChI=1S/C11H12BrN3O4/c12-6-1-2-7(10(17)18)8(5-6)15-11(19)14-4-3-9(13)16/h1-2,5H,3-4H2,(H2,13,16)(H,17,18)(H2,14,15,19). The molecular weight excluding hydrogens is 318 g/mol. The summed E-state index contributed by atoms with van der Waals surface area (Å²) in [6.45, 7) is 0.0809. The number of carbonyl (C=O) groups is 3. The van der Waals surface area contributed by atoms with Crippen molar-refractivity contribution in [1.29, 1.82) is 0 Å². The van der Waals surface area contributed by atoms with Crippen LogP contribution in [0.25, 0.3) is 0 Å². The molecule has 0 aliphatic heterocycles. The molecule has 0 fully saturated rings. The number of carboxylic acids is 1. The van der Waals surface area contributed by atoms with E-state index in [1.165, 1.54) is 12.1 Å². The highest BCUT2D eigenvalue weighted by atomic mass is 79.9. The fourth-order valence-corrected chi connectivity index (χ4v) is 1.63. The monoisotopic (exact) mass is 329 g/mol. The second-order valence-corrected chi connectivity index (χ2v) is 4.51. The Balaban J connectivity index is 2.70. The predicted molar refractivity (Wildman–Crippen MR) is 71.9 cm³/mol. The summed E-state index contributed by atoms with van der Waals surface area (Å²) in [6, 6.07) is 3.78. The van der Waals surface area contributed by atoms with Crippen molar-refractivity contribution in [2.45, 2.75) is 6.42 Å². The number of carboxylic acid groups (broad SMARTS) is 1. The van der Waals surface area contributed by atoms with Crippen molar-refractivity contribution < 1.29 is 19.5 Å². The smallest absolute Gasteiger partial charge is 0.337 e. The number of nitrogens with two attached hydrogens (primary N) is 1. The van der Waals surface area contributed by atoms with E-state index in [2.05, 4.69) is 26.6 Å². The van der Waals surface area contributed by atoms with Crippen LogP contribution in [-0.4, -0.2) is 29.6 Å². The molecule has 5 N–H and O–H groups in total.